The maximum Gasteiger partial charge on any atom is 0.387 e. The molecule has 1 aromatic heterocycles. The molecule has 29 heavy (non-hydrogen) atoms. The van der Waals surface area contributed by atoms with Crippen LogP contribution in [0.15, 0.2) is 54.6 Å². The molecule has 0 aliphatic rings. The zero-order valence-corrected chi connectivity index (χ0v) is 15.8. The van der Waals surface area contributed by atoms with Crippen LogP contribution >= 0.6 is 11.6 Å². The summed E-state index contributed by atoms with van der Waals surface area (Å²) in [6.07, 6.45) is -1.13. The van der Waals surface area contributed by atoms with Gasteiger partial charge in [0.1, 0.15) is 11.4 Å². The van der Waals surface area contributed by atoms with Crippen LogP contribution in [0, 0.1) is 0 Å². The zero-order valence-electron chi connectivity index (χ0n) is 15.1. The van der Waals surface area contributed by atoms with Crippen molar-refractivity contribution in [1.29, 1.82) is 0 Å². The first kappa shape index (κ1) is 20.5. The molecule has 0 spiro atoms. The summed E-state index contributed by atoms with van der Waals surface area (Å²) in [7, 11) is 0. The van der Waals surface area contributed by atoms with Crippen molar-refractivity contribution in [3.8, 4) is 5.75 Å². The lowest BCUT2D eigenvalue weighted by Gasteiger charge is -2.14. The molecule has 0 aliphatic carbocycles. The molecular weight excluding hydrogens is 406 g/mol. The largest absolute Gasteiger partial charge is 0.448 e. The number of ether oxygens (including phenoxy) is 2. The number of hydrogen-bond acceptors (Lipinski definition) is 5. The Morgan fingerprint density at radius 3 is 2.59 bits per heavy atom. The zero-order chi connectivity index (χ0) is 21.0. The Labute approximate surface area is 169 Å². The number of benzene rings is 2. The molecule has 1 unspecified atom stereocenters. The fourth-order valence-electron chi connectivity index (χ4n) is 2.47. The normalized spacial score (nSPS) is 11.9. The molecule has 150 valence electrons. The third-order valence-corrected chi connectivity index (χ3v) is 4.17. The first-order valence-electron chi connectivity index (χ1n) is 8.45. The average molecular weight is 421 g/mol. The average Bonchev–Trinajstić information content (AvgIpc) is 2.69. The number of nitrogens with zero attached hydrogens (tertiary/aromatic N) is 1. The molecule has 0 fully saturated rings. The summed E-state index contributed by atoms with van der Waals surface area (Å²) < 4.78 is 33.9. The quantitative estimate of drug-likeness (QED) is 0.586. The predicted octanol–water partition coefficient (Wildman–Crippen LogP) is 4.67. The first-order valence-corrected chi connectivity index (χ1v) is 8.83. The fraction of sp³-hybridized carbons (Fsp3) is 0.150. The maximum atomic E-state index is 12.3. The molecule has 0 bridgehead atoms. The van der Waals surface area contributed by atoms with E-state index in [0.29, 0.717) is 5.52 Å². The van der Waals surface area contributed by atoms with Gasteiger partial charge in [-0.3, -0.25) is 4.79 Å². The number of rotatable bonds is 6. The monoisotopic (exact) mass is 420 g/mol. The minimum Gasteiger partial charge on any atom is -0.448 e. The van der Waals surface area contributed by atoms with Crippen molar-refractivity contribution < 1.29 is 27.8 Å². The van der Waals surface area contributed by atoms with Crippen molar-refractivity contribution in [2.45, 2.75) is 19.6 Å². The van der Waals surface area contributed by atoms with Gasteiger partial charge in [-0.25, -0.2) is 9.78 Å². The number of anilines is 1. The lowest BCUT2D eigenvalue weighted by Crippen LogP contribution is -2.30. The van der Waals surface area contributed by atoms with Crippen LogP contribution in [0.2, 0.25) is 5.02 Å². The van der Waals surface area contributed by atoms with E-state index in [9.17, 15) is 18.4 Å². The lowest BCUT2D eigenvalue weighted by molar-refractivity contribution is -0.123. The third-order valence-electron chi connectivity index (χ3n) is 3.88. The van der Waals surface area contributed by atoms with Gasteiger partial charge in [-0.05, 0) is 37.3 Å². The van der Waals surface area contributed by atoms with E-state index < -0.39 is 24.6 Å². The Morgan fingerprint density at radius 1 is 1.10 bits per heavy atom. The highest BCUT2D eigenvalue weighted by atomic mass is 35.5. The molecule has 9 heteroatoms. The van der Waals surface area contributed by atoms with Crippen LogP contribution < -0.4 is 10.1 Å². The molecule has 6 nitrogen and oxygen atoms in total. The van der Waals surface area contributed by atoms with Gasteiger partial charge >= 0.3 is 12.6 Å². The standard InChI is InChI=1S/C20H15ClF2N2O4/c1-11(18(26)24-13-7-9-17(14(21)10-13)29-20(22)23)28-19(27)16-8-6-12-4-2-3-5-15(12)25-16/h2-11,20H,1H3,(H,24,26). The molecule has 3 rings (SSSR count). The van der Waals surface area contributed by atoms with Crippen LogP contribution in [0.3, 0.4) is 0 Å². The Balaban J connectivity index is 1.63. The van der Waals surface area contributed by atoms with Crippen molar-refractivity contribution >= 4 is 40.1 Å². The second kappa shape index (κ2) is 8.83. The van der Waals surface area contributed by atoms with Crippen molar-refractivity contribution in [2.24, 2.45) is 0 Å². The Morgan fingerprint density at radius 2 is 1.86 bits per heavy atom. The summed E-state index contributed by atoms with van der Waals surface area (Å²) in [5.41, 5.74) is 0.924. The topological polar surface area (TPSA) is 77.5 Å². The van der Waals surface area contributed by atoms with E-state index in [-0.39, 0.29) is 22.2 Å². The molecule has 0 saturated heterocycles. The van der Waals surface area contributed by atoms with Crippen molar-refractivity contribution in [1.82, 2.24) is 4.98 Å². The van der Waals surface area contributed by atoms with E-state index in [0.717, 1.165) is 5.39 Å². The highest BCUT2D eigenvalue weighted by molar-refractivity contribution is 6.32. The first-order chi connectivity index (χ1) is 13.8. The van der Waals surface area contributed by atoms with Crippen LogP contribution in [0.5, 0.6) is 5.75 Å². The maximum absolute atomic E-state index is 12.3. The van der Waals surface area contributed by atoms with Gasteiger partial charge in [0.25, 0.3) is 5.91 Å². The van der Waals surface area contributed by atoms with Crippen molar-refractivity contribution in [3.05, 3.63) is 65.3 Å². The summed E-state index contributed by atoms with van der Waals surface area (Å²) in [6, 6.07) is 14.3. The fourth-order valence-corrected chi connectivity index (χ4v) is 2.69. The summed E-state index contributed by atoms with van der Waals surface area (Å²) in [5.74, 6) is -1.60. The number of aromatic nitrogens is 1. The molecule has 1 N–H and O–H groups in total. The Hall–Kier alpha value is -3.26. The number of carbonyl (C=O) groups is 2. The highest BCUT2D eigenvalue weighted by Crippen LogP contribution is 2.29. The van der Waals surface area contributed by atoms with Gasteiger partial charge in [-0.15, -0.1) is 0 Å². The van der Waals surface area contributed by atoms with Gasteiger partial charge in [-0.1, -0.05) is 35.9 Å². The van der Waals surface area contributed by atoms with Crippen LogP contribution in [-0.4, -0.2) is 29.6 Å². The van der Waals surface area contributed by atoms with Gasteiger partial charge in [0.15, 0.2) is 6.10 Å². The number of alkyl halides is 2. The van der Waals surface area contributed by atoms with Crippen molar-refractivity contribution in [2.75, 3.05) is 5.32 Å². The molecule has 1 atom stereocenters. The smallest absolute Gasteiger partial charge is 0.387 e. The number of halogens is 3. The minimum absolute atomic E-state index is 0.0693. The Bertz CT molecular complexity index is 1060. The molecule has 0 aliphatic heterocycles. The number of pyridine rings is 1. The molecule has 0 radical (unpaired) electrons. The minimum atomic E-state index is -3.02. The number of hydrogen-bond donors (Lipinski definition) is 1. The van der Waals surface area contributed by atoms with Gasteiger partial charge in [0.2, 0.25) is 0 Å². The van der Waals surface area contributed by atoms with Gasteiger partial charge in [0, 0.05) is 11.1 Å². The SMILES string of the molecule is CC(OC(=O)c1ccc2ccccc2n1)C(=O)Nc1ccc(OC(F)F)c(Cl)c1. The Kier molecular flexibility index (Phi) is 6.23. The third kappa shape index (κ3) is 5.17. The number of para-hydroxylation sites is 1. The summed E-state index contributed by atoms with van der Waals surface area (Å²) in [6.45, 7) is -1.62. The number of carbonyl (C=O) groups excluding carboxylic acids is 2. The number of esters is 1. The molecule has 1 heterocycles. The van der Waals surface area contributed by atoms with E-state index in [1.165, 1.54) is 31.2 Å². The van der Waals surface area contributed by atoms with Crippen LogP contribution in [0.4, 0.5) is 14.5 Å². The van der Waals surface area contributed by atoms with Crippen LogP contribution in [0.25, 0.3) is 10.9 Å². The second-order valence-electron chi connectivity index (χ2n) is 5.95. The van der Waals surface area contributed by atoms with E-state index in [1.54, 1.807) is 18.2 Å². The number of nitrogens with one attached hydrogen (secondary N) is 1. The van der Waals surface area contributed by atoms with E-state index >= 15 is 0 Å². The van der Waals surface area contributed by atoms with Gasteiger partial charge < -0.3 is 14.8 Å². The van der Waals surface area contributed by atoms with Crippen molar-refractivity contribution in [3.63, 3.8) is 0 Å². The lowest BCUT2D eigenvalue weighted by atomic mass is 10.2. The molecule has 1 amide bonds. The predicted molar refractivity (Wildman–Crippen MR) is 103 cm³/mol. The highest BCUT2D eigenvalue weighted by Gasteiger charge is 2.20. The number of fused-ring (bicyclic) bond motifs is 1. The summed E-state index contributed by atoms with van der Waals surface area (Å²) in [4.78, 5) is 28.8. The molecule has 0 saturated carbocycles. The molecular formula is C20H15ClF2N2O4. The second-order valence-corrected chi connectivity index (χ2v) is 6.36. The molecule has 2 aromatic carbocycles. The van der Waals surface area contributed by atoms with E-state index in [1.807, 2.05) is 12.1 Å². The van der Waals surface area contributed by atoms with Gasteiger partial charge in [0.05, 0.1) is 10.5 Å². The summed E-state index contributed by atoms with van der Waals surface area (Å²) in [5, 5.41) is 3.25. The molecule has 3 aromatic rings. The van der Waals surface area contributed by atoms with Crippen LogP contribution in [-0.2, 0) is 9.53 Å². The van der Waals surface area contributed by atoms with E-state index in [2.05, 4.69) is 15.0 Å². The van der Waals surface area contributed by atoms with Crippen LogP contribution in [0.1, 0.15) is 17.4 Å². The van der Waals surface area contributed by atoms with Gasteiger partial charge in [-0.2, -0.15) is 8.78 Å². The number of amides is 1. The summed E-state index contributed by atoms with van der Waals surface area (Å²) >= 11 is 5.85. The van der Waals surface area contributed by atoms with E-state index in [4.69, 9.17) is 16.3 Å².